The molecule has 23 heavy (non-hydrogen) atoms. The van der Waals surface area contributed by atoms with E-state index in [0.29, 0.717) is 24.5 Å². The first-order valence-corrected chi connectivity index (χ1v) is 7.80. The lowest BCUT2D eigenvalue weighted by Gasteiger charge is -2.08. The minimum atomic E-state index is -0.272. The number of unbranched alkanes of at least 4 members (excludes halogenated alkanes) is 1. The summed E-state index contributed by atoms with van der Waals surface area (Å²) in [6.07, 6.45) is 1.66. The lowest BCUT2D eigenvalue weighted by molar-refractivity contribution is 0.0952. The number of nitrogens with one attached hydrogen (secondary N) is 1. The van der Waals surface area contributed by atoms with Crippen LogP contribution in [0.1, 0.15) is 34.3 Å². The Morgan fingerprint density at radius 2 is 1.78 bits per heavy atom. The van der Waals surface area contributed by atoms with Crippen LogP contribution in [0.5, 0.6) is 5.75 Å². The van der Waals surface area contributed by atoms with Crippen LogP contribution in [-0.4, -0.2) is 19.1 Å². The maximum atomic E-state index is 12.7. The molecule has 2 aromatic carbocycles. The summed E-state index contributed by atoms with van der Waals surface area (Å²) in [4.78, 5) is 12.0. The molecule has 0 aliphatic carbocycles. The second kappa shape index (κ2) is 8.32. The third-order valence-electron chi connectivity index (χ3n) is 3.71. The number of carbonyl (C=O) groups is 1. The van der Waals surface area contributed by atoms with Crippen molar-refractivity contribution in [1.82, 2.24) is 5.32 Å². The first-order valence-electron chi connectivity index (χ1n) is 7.80. The third-order valence-corrected chi connectivity index (χ3v) is 3.71. The van der Waals surface area contributed by atoms with Gasteiger partial charge in [-0.15, -0.1) is 0 Å². The maximum absolute atomic E-state index is 12.7. The van der Waals surface area contributed by atoms with E-state index >= 15 is 0 Å². The zero-order chi connectivity index (χ0) is 16.7. The van der Waals surface area contributed by atoms with Crippen molar-refractivity contribution in [1.29, 1.82) is 0 Å². The van der Waals surface area contributed by atoms with Gasteiger partial charge in [-0.2, -0.15) is 0 Å². The second-order valence-electron chi connectivity index (χ2n) is 5.56. The summed E-state index contributed by atoms with van der Waals surface area (Å²) < 4.78 is 18.2. The van der Waals surface area contributed by atoms with E-state index in [1.54, 1.807) is 12.1 Å². The molecule has 0 fully saturated rings. The maximum Gasteiger partial charge on any atom is 0.251 e. The fourth-order valence-electron chi connectivity index (χ4n) is 2.13. The number of amides is 1. The molecule has 0 spiro atoms. The Morgan fingerprint density at radius 3 is 2.48 bits per heavy atom. The highest BCUT2D eigenvalue weighted by Crippen LogP contribution is 2.12. The summed E-state index contributed by atoms with van der Waals surface area (Å²) in [6.45, 7) is 5.18. The van der Waals surface area contributed by atoms with Gasteiger partial charge in [0.15, 0.2) is 0 Å². The molecule has 3 nitrogen and oxygen atoms in total. The molecular weight excluding hydrogens is 293 g/mol. The van der Waals surface area contributed by atoms with E-state index in [1.165, 1.54) is 17.7 Å². The lowest BCUT2D eigenvalue weighted by Crippen LogP contribution is -2.24. The van der Waals surface area contributed by atoms with Gasteiger partial charge in [0.05, 0.1) is 6.61 Å². The van der Waals surface area contributed by atoms with Gasteiger partial charge in [0.2, 0.25) is 0 Å². The van der Waals surface area contributed by atoms with Crippen LogP contribution in [0, 0.1) is 19.7 Å². The predicted octanol–water partition coefficient (Wildman–Crippen LogP) is 4.03. The Bertz CT molecular complexity index is 653. The van der Waals surface area contributed by atoms with Crippen LogP contribution in [0.3, 0.4) is 0 Å². The minimum absolute atomic E-state index is 0.0486. The second-order valence-corrected chi connectivity index (χ2v) is 5.56. The van der Waals surface area contributed by atoms with E-state index in [9.17, 15) is 9.18 Å². The van der Waals surface area contributed by atoms with Gasteiger partial charge in [-0.1, -0.05) is 6.07 Å². The molecule has 2 aromatic rings. The number of carbonyl (C=O) groups excluding carboxylic acids is 1. The predicted molar refractivity (Wildman–Crippen MR) is 89.4 cm³/mol. The van der Waals surface area contributed by atoms with E-state index in [0.717, 1.165) is 18.4 Å². The normalized spacial score (nSPS) is 10.4. The van der Waals surface area contributed by atoms with Crippen LogP contribution >= 0.6 is 0 Å². The largest absolute Gasteiger partial charge is 0.494 e. The zero-order valence-corrected chi connectivity index (χ0v) is 13.6. The van der Waals surface area contributed by atoms with Crippen LogP contribution in [-0.2, 0) is 0 Å². The van der Waals surface area contributed by atoms with Crippen LogP contribution in [0.2, 0.25) is 0 Å². The summed E-state index contributed by atoms with van der Waals surface area (Å²) >= 11 is 0. The zero-order valence-electron chi connectivity index (χ0n) is 13.6. The van der Waals surface area contributed by atoms with Gasteiger partial charge in [-0.3, -0.25) is 4.79 Å². The highest BCUT2D eigenvalue weighted by molar-refractivity contribution is 5.94. The standard InChI is InChI=1S/C19H22FNO2/c1-14-5-6-16(13-15(14)2)19(22)21-11-3-4-12-23-18-9-7-17(20)8-10-18/h5-10,13H,3-4,11-12H2,1-2H3,(H,21,22). The van der Waals surface area contributed by atoms with E-state index < -0.39 is 0 Å². The van der Waals surface area contributed by atoms with Gasteiger partial charge in [0.1, 0.15) is 11.6 Å². The molecule has 0 aromatic heterocycles. The number of rotatable bonds is 7. The molecule has 4 heteroatoms. The molecule has 1 N–H and O–H groups in total. The van der Waals surface area contributed by atoms with Crippen molar-refractivity contribution in [2.24, 2.45) is 0 Å². The highest BCUT2D eigenvalue weighted by atomic mass is 19.1. The molecule has 1 amide bonds. The average Bonchev–Trinajstić information content (AvgIpc) is 2.54. The van der Waals surface area contributed by atoms with Crippen molar-refractivity contribution in [3.63, 3.8) is 0 Å². The fraction of sp³-hybridized carbons (Fsp3) is 0.316. The molecule has 0 heterocycles. The molecule has 0 saturated heterocycles. The highest BCUT2D eigenvalue weighted by Gasteiger charge is 2.05. The Labute approximate surface area is 136 Å². The van der Waals surface area contributed by atoms with Crippen LogP contribution in [0.25, 0.3) is 0 Å². The van der Waals surface area contributed by atoms with Crippen molar-refractivity contribution >= 4 is 5.91 Å². The Morgan fingerprint density at radius 1 is 1.04 bits per heavy atom. The Balaban J connectivity index is 1.64. The molecule has 2 rings (SSSR count). The van der Waals surface area contributed by atoms with Gasteiger partial charge in [-0.05, 0) is 74.2 Å². The molecule has 0 aliphatic heterocycles. The Kier molecular flexibility index (Phi) is 6.15. The number of benzene rings is 2. The molecule has 0 bridgehead atoms. The molecular formula is C19H22FNO2. The topological polar surface area (TPSA) is 38.3 Å². The average molecular weight is 315 g/mol. The minimum Gasteiger partial charge on any atom is -0.494 e. The molecule has 0 aliphatic rings. The van der Waals surface area contributed by atoms with Gasteiger partial charge in [0.25, 0.3) is 5.91 Å². The number of hydrogen-bond acceptors (Lipinski definition) is 2. The molecule has 122 valence electrons. The molecule has 0 radical (unpaired) electrons. The van der Waals surface area contributed by atoms with Crippen LogP contribution in [0.4, 0.5) is 4.39 Å². The summed E-state index contributed by atoms with van der Waals surface area (Å²) in [7, 11) is 0. The summed E-state index contributed by atoms with van der Waals surface area (Å²) in [5.41, 5.74) is 2.99. The van der Waals surface area contributed by atoms with E-state index in [1.807, 2.05) is 32.0 Å². The fourth-order valence-corrected chi connectivity index (χ4v) is 2.13. The lowest BCUT2D eigenvalue weighted by atomic mass is 10.1. The summed E-state index contributed by atoms with van der Waals surface area (Å²) in [6, 6.07) is 11.7. The van der Waals surface area contributed by atoms with Crippen molar-refractivity contribution in [3.05, 3.63) is 65.0 Å². The Hall–Kier alpha value is -2.36. The third kappa shape index (κ3) is 5.40. The van der Waals surface area contributed by atoms with Gasteiger partial charge < -0.3 is 10.1 Å². The van der Waals surface area contributed by atoms with Crippen molar-refractivity contribution in [2.75, 3.05) is 13.2 Å². The van der Waals surface area contributed by atoms with Crippen molar-refractivity contribution < 1.29 is 13.9 Å². The summed E-state index contributed by atoms with van der Waals surface area (Å²) in [5.74, 6) is 0.338. The first-order chi connectivity index (χ1) is 11.1. The number of ether oxygens (including phenoxy) is 1. The summed E-state index contributed by atoms with van der Waals surface area (Å²) in [5, 5.41) is 2.91. The van der Waals surface area contributed by atoms with Crippen molar-refractivity contribution in [3.8, 4) is 5.75 Å². The van der Waals surface area contributed by atoms with Crippen LogP contribution < -0.4 is 10.1 Å². The van der Waals surface area contributed by atoms with Gasteiger partial charge >= 0.3 is 0 Å². The number of halogens is 1. The van der Waals surface area contributed by atoms with Gasteiger partial charge in [0, 0.05) is 12.1 Å². The quantitative estimate of drug-likeness (QED) is 0.783. The van der Waals surface area contributed by atoms with Crippen molar-refractivity contribution in [2.45, 2.75) is 26.7 Å². The monoisotopic (exact) mass is 315 g/mol. The molecule has 0 unspecified atom stereocenters. The smallest absolute Gasteiger partial charge is 0.251 e. The molecule has 0 atom stereocenters. The number of hydrogen-bond donors (Lipinski definition) is 1. The van der Waals surface area contributed by atoms with E-state index in [-0.39, 0.29) is 11.7 Å². The molecule has 0 saturated carbocycles. The van der Waals surface area contributed by atoms with E-state index in [4.69, 9.17) is 4.74 Å². The first kappa shape index (κ1) is 17.0. The van der Waals surface area contributed by atoms with Gasteiger partial charge in [-0.25, -0.2) is 4.39 Å². The van der Waals surface area contributed by atoms with E-state index in [2.05, 4.69) is 5.32 Å². The SMILES string of the molecule is Cc1ccc(C(=O)NCCCCOc2ccc(F)cc2)cc1C. The van der Waals surface area contributed by atoms with Crippen LogP contribution in [0.15, 0.2) is 42.5 Å². The number of aryl methyl sites for hydroxylation is 2.